The molecule has 3 fully saturated rings. The van der Waals surface area contributed by atoms with Gasteiger partial charge in [0.25, 0.3) is 0 Å². The van der Waals surface area contributed by atoms with Gasteiger partial charge in [-0.15, -0.1) is 0 Å². The van der Waals surface area contributed by atoms with Gasteiger partial charge in [0.2, 0.25) is 0 Å². The molecule has 6 rings (SSSR count). The van der Waals surface area contributed by atoms with Crippen LogP contribution in [0.15, 0.2) is 48.5 Å². The molecular weight excluding hydrogens is 578 g/mol. The van der Waals surface area contributed by atoms with E-state index in [0.717, 1.165) is 52.4 Å². The van der Waals surface area contributed by atoms with E-state index in [1.807, 2.05) is 51.1 Å². The van der Waals surface area contributed by atoms with Gasteiger partial charge >= 0.3 is 12.1 Å². The zero-order valence-corrected chi connectivity index (χ0v) is 26.9. The summed E-state index contributed by atoms with van der Waals surface area (Å²) < 4.78 is 11.6. The minimum Gasteiger partial charge on any atom is -0.495 e. The van der Waals surface area contributed by atoms with E-state index in [4.69, 9.17) is 26.1 Å². The summed E-state index contributed by atoms with van der Waals surface area (Å²) in [5.74, 6) is 2.12. The van der Waals surface area contributed by atoms with Crippen molar-refractivity contribution >= 4 is 35.2 Å². The number of rotatable bonds is 6. The number of benzene rings is 2. The number of ether oxygens (including phenoxy) is 2. The summed E-state index contributed by atoms with van der Waals surface area (Å²) in [5, 5.41) is 0.520. The third kappa shape index (κ3) is 6.15. The maximum Gasteiger partial charge on any atom is 0.410 e. The number of aromatic nitrogens is 1. The van der Waals surface area contributed by atoms with Crippen molar-refractivity contribution in [2.45, 2.75) is 45.1 Å². The number of piperazine rings is 1. The SMILES string of the molecule is COc1c(-c2cc(C3CC3)nc(N3CCN(C(=O)OC(C)(C)C)CC3)c2)cccc1-c1ccc(N2CCN(C)C2=O)c(Cl)c1. The molecule has 3 aromatic rings. The summed E-state index contributed by atoms with van der Waals surface area (Å²) in [7, 11) is 3.49. The average molecular weight is 618 g/mol. The van der Waals surface area contributed by atoms with Gasteiger partial charge in [-0.1, -0.05) is 35.9 Å². The highest BCUT2D eigenvalue weighted by Gasteiger charge is 2.31. The van der Waals surface area contributed by atoms with Crippen LogP contribution in [0.1, 0.15) is 45.2 Å². The number of likely N-dealkylation sites (N-methyl/N-ethyl adjacent to an activating group) is 1. The van der Waals surface area contributed by atoms with Crippen LogP contribution in [-0.2, 0) is 4.74 Å². The fourth-order valence-corrected chi connectivity index (χ4v) is 6.15. The van der Waals surface area contributed by atoms with Crippen molar-refractivity contribution in [3.05, 3.63) is 59.2 Å². The van der Waals surface area contributed by atoms with Crippen LogP contribution in [0.5, 0.6) is 5.75 Å². The van der Waals surface area contributed by atoms with Crippen LogP contribution >= 0.6 is 11.6 Å². The Kier molecular flexibility index (Phi) is 8.09. The first-order valence-electron chi connectivity index (χ1n) is 15.3. The van der Waals surface area contributed by atoms with Gasteiger partial charge < -0.3 is 24.2 Å². The number of methoxy groups -OCH3 is 1. The molecule has 2 aromatic carbocycles. The molecule has 0 radical (unpaired) electrons. The van der Waals surface area contributed by atoms with Crippen LogP contribution < -0.4 is 14.5 Å². The molecule has 0 N–H and O–H groups in total. The van der Waals surface area contributed by atoms with Crippen molar-refractivity contribution in [1.82, 2.24) is 14.8 Å². The minimum atomic E-state index is -0.520. The summed E-state index contributed by atoms with van der Waals surface area (Å²) in [6.07, 6.45) is 2.01. The molecule has 3 amide bonds. The van der Waals surface area contributed by atoms with Crippen molar-refractivity contribution < 1.29 is 19.1 Å². The van der Waals surface area contributed by atoms with Crippen LogP contribution in [0.3, 0.4) is 0 Å². The van der Waals surface area contributed by atoms with Gasteiger partial charge in [0.05, 0.1) is 17.8 Å². The maximum atomic E-state index is 12.6. The molecule has 0 spiro atoms. The number of hydrogen-bond donors (Lipinski definition) is 0. The van der Waals surface area contributed by atoms with E-state index in [9.17, 15) is 9.59 Å². The highest BCUT2D eigenvalue weighted by atomic mass is 35.5. The quantitative estimate of drug-likeness (QED) is 0.300. The molecule has 9 nitrogen and oxygen atoms in total. The second-order valence-electron chi connectivity index (χ2n) is 12.8. The van der Waals surface area contributed by atoms with Crippen molar-refractivity contribution in [3.63, 3.8) is 0 Å². The van der Waals surface area contributed by atoms with E-state index in [1.54, 1.807) is 28.9 Å². The van der Waals surface area contributed by atoms with Crippen molar-refractivity contribution in [2.24, 2.45) is 0 Å². The third-order valence-corrected chi connectivity index (χ3v) is 8.68. The lowest BCUT2D eigenvalue weighted by atomic mass is 9.96. The zero-order chi connectivity index (χ0) is 31.2. The number of carbonyl (C=O) groups is 2. The summed E-state index contributed by atoms with van der Waals surface area (Å²) >= 11 is 6.76. The topological polar surface area (TPSA) is 78.5 Å². The van der Waals surface area contributed by atoms with E-state index in [0.29, 0.717) is 55.9 Å². The van der Waals surface area contributed by atoms with Crippen molar-refractivity contribution in [1.29, 1.82) is 0 Å². The van der Waals surface area contributed by atoms with Crippen LogP contribution in [0.25, 0.3) is 22.3 Å². The Labute approximate surface area is 264 Å². The highest BCUT2D eigenvalue weighted by Crippen LogP contribution is 2.45. The largest absolute Gasteiger partial charge is 0.495 e. The fourth-order valence-electron chi connectivity index (χ4n) is 5.86. The zero-order valence-electron chi connectivity index (χ0n) is 26.1. The summed E-state index contributed by atoms with van der Waals surface area (Å²) in [6, 6.07) is 16.2. The second-order valence-corrected chi connectivity index (χ2v) is 13.2. The number of carbonyl (C=O) groups excluding carboxylic acids is 2. The van der Waals surface area contributed by atoms with Gasteiger partial charge in [0.1, 0.15) is 17.2 Å². The Morgan fingerprint density at radius 3 is 2.23 bits per heavy atom. The van der Waals surface area contributed by atoms with E-state index in [-0.39, 0.29) is 12.1 Å². The van der Waals surface area contributed by atoms with Gasteiger partial charge in [-0.3, -0.25) is 4.90 Å². The Morgan fingerprint density at radius 1 is 0.932 bits per heavy atom. The summed E-state index contributed by atoms with van der Waals surface area (Å²) in [6.45, 7) is 9.45. The number of hydrogen-bond acceptors (Lipinski definition) is 6. The predicted octanol–water partition coefficient (Wildman–Crippen LogP) is 6.88. The molecule has 3 heterocycles. The van der Waals surface area contributed by atoms with Gasteiger partial charge in [0, 0.05) is 69.1 Å². The summed E-state index contributed by atoms with van der Waals surface area (Å²) in [5.41, 5.74) is 5.12. The van der Waals surface area contributed by atoms with Gasteiger partial charge in [-0.2, -0.15) is 0 Å². The van der Waals surface area contributed by atoms with Crippen LogP contribution in [0.4, 0.5) is 21.1 Å². The van der Waals surface area contributed by atoms with Crippen LogP contribution in [-0.4, -0.2) is 85.9 Å². The number of urea groups is 1. The normalized spacial score (nSPS) is 17.4. The first kappa shape index (κ1) is 30.1. The number of pyridine rings is 1. The standard InChI is InChI=1S/C34H40ClN5O4/c1-34(2,3)44-33(42)39-16-14-38(15-17-39)30-21-24(20-28(36-30)22-9-10-22)26-8-6-7-25(31(26)43-5)23-11-12-29(27(35)19-23)40-18-13-37(4)32(40)41/h6-8,11-12,19-22H,9-10,13-18H2,1-5H3. The molecule has 1 saturated carbocycles. The number of halogens is 1. The molecule has 1 aliphatic carbocycles. The molecular formula is C34H40ClN5O4. The lowest BCUT2D eigenvalue weighted by Gasteiger charge is -2.36. The average Bonchev–Trinajstić information content (AvgIpc) is 3.81. The monoisotopic (exact) mass is 617 g/mol. The van der Waals surface area contributed by atoms with E-state index < -0.39 is 5.60 Å². The molecule has 2 saturated heterocycles. The Bertz CT molecular complexity index is 1580. The molecule has 2 aliphatic heterocycles. The Balaban J connectivity index is 1.29. The predicted molar refractivity (Wildman–Crippen MR) is 174 cm³/mol. The smallest absolute Gasteiger partial charge is 0.410 e. The highest BCUT2D eigenvalue weighted by molar-refractivity contribution is 6.34. The molecule has 0 bridgehead atoms. The Morgan fingerprint density at radius 2 is 1.64 bits per heavy atom. The first-order chi connectivity index (χ1) is 21.0. The molecule has 1 aromatic heterocycles. The van der Waals surface area contributed by atoms with Gasteiger partial charge in [-0.25, -0.2) is 14.6 Å². The third-order valence-electron chi connectivity index (χ3n) is 8.38. The maximum absolute atomic E-state index is 12.6. The van der Waals surface area contributed by atoms with E-state index in [1.165, 1.54) is 0 Å². The molecule has 44 heavy (non-hydrogen) atoms. The van der Waals surface area contributed by atoms with E-state index in [2.05, 4.69) is 23.1 Å². The lowest BCUT2D eigenvalue weighted by Crippen LogP contribution is -2.50. The molecule has 0 unspecified atom stereocenters. The number of anilines is 2. The number of nitrogens with zero attached hydrogens (tertiary/aromatic N) is 5. The van der Waals surface area contributed by atoms with Crippen LogP contribution in [0, 0.1) is 0 Å². The lowest BCUT2D eigenvalue weighted by molar-refractivity contribution is 0.0240. The number of amides is 3. The molecule has 3 aliphatic rings. The van der Waals surface area contributed by atoms with Crippen molar-refractivity contribution in [2.75, 3.05) is 63.2 Å². The second kappa shape index (κ2) is 11.8. The molecule has 10 heteroatoms. The molecule has 232 valence electrons. The van der Waals surface area contributed by atoms with Gasteiger partial charge in [-0.05, 0) is 69.0 Å². The molecule has 0 atom stereocenters. The fraction of sp³-hybridized carbons (Fsp3) is 0.441. The number of para-hydroxylation sites is 1. The van der Waals surface area contributed by atoms with Crippen molar-refractivity contribution in [3.8, 4) is 28.0 Å². The summed E-state index contributed by atoms with van der Waals surface area (Å²) in [4.78, 5) is 37.7. The van der Waals surface area contributed by atoms with Crippen LogP contribution in [0.2, 0.25) is 5.02 Å². The minimum absolute atomic E-state index is 0.0505. The first-order valence-corrected chi connectivity index (χ1v) is 15.6. The Hall–Kier alpha value is -3.98. The van der Waals surface area contributed by atoms with Gasteiger partial charge in [0.15, 0.2) is 0 Å². The van der Waals surface area contributed by atoms with E-state index >= 15 is 0 Å².